The van der Waals surface area contributed by atoms with Crippen LogP contribution in [0.15, 0.2) is 0 Å². The summed E-state index contributed by atoms with van der Waals surface area (Å²) in [4.78, 5) is 23.6. The molecule has 2 saturated carbocycles. The molecule has 4 heteroatoms. The number of amides is 2. The molecule has 2 fully saturated rings. The third-order valence-electron chi connectivity index (χ3n) is 4.21. The summed E-state index contributed by atoms with van der Waals surface area (Å²) in [7, 11) is 0. The number of carbonyl (C=O) groups excluding carboxylic acids is 2. The zero-order valence-corrected chi connectivity index (χ0v) is 11.2. The lowest BCUT2D eigenvalue weighted by atomic mass is 9.97. The molecule has 0 aromatic carbocycles. The zero-order chi connectivity index (χ0) is 13.0. The van der Waals surface area contributed by atoms with Crippen LogP contribution in [0.5, 0.6) is 0 Å². The van der Waals surface area contributed by atoms with Gasteiger partial charge in [0.05, 0.1) is 0 Å². The second-order valence-electron chi connectivity index (χ2n) is 5.71. The van der Waals surface area contributed by atoms with Gasteiger partial charge in [0.25, 0.3) is 0 Å². The second kappa shape index (κ2) is 6.21. The molecule has 0 bridgehead atoms. The summed E-state index contributed by atoms with van der Waals surface area (Å²) in [6.45, 7) is 1.49. The Labute approximate surface area is 109 Å². The summed E-state index contributed by atoms with van der Waals surface area (Å²) in [5.74, 6) is 0.257. The van der Waals surface area contributed by atoms with Gasteiger partial charge in [0.2, 0.25) is 11.8 Å². The van der Waals surface area contributed by atoms with E-state index < -0.39 is 0 Å². The highest BCUT2D eigenvalue weighted by molar-refractivity contribution is 5.87. The van der Waals surface area contributed by atoms with Gasteiger partial charge in [0.1, 0.15) is 6.04 Å². The summed E-state index contributed by atoms with van der Waals surface area (Å²) in [6, 6.07) is 0.0146. The summed E-state index contributed by atoms with van der Waals surface area (Å²) >= 11 is 0. The van der Waals surface area contributed by atoms with Gasteiger partial charge in [-0.1, -0.05) is 25.7 Å². The Morgan fingerprint density at radius 2 is 1.56 bits per heavy atom. The van der Waals surface area contributed by atoms with E-state index in [-0.39, 0.29) is 17.9 Å². The maximum Gasteiger partial charge on any atom is 0.243 e. The van der Waals surface area contributed by atoms with Crippen molar-refractivity contribution >= 4 is 11.8 Å². The molecule has 2 aliphatic rings. The zero-order valence-electron chi connectivity index (χ0n) is 11.2. The van der Waals surface area contributed by atoms with Gasteiger partial charge in [-0.25, -0.2) is 0 Å². The molecule has 1 atom stereocenters. The molecule has 4 nitrogen and oxygen atoms in total. The Bertz CT molecular complexity index is 305. The van der Waals surface area contributed by atoms with E-state index in [9.17, 15) is 9.59 Å². The van der Waals surface area contributed by atoms with Crippen LogP contribution >= 0.6 is 0 Å². The van der Waals surface area contributed by atoms with Crippen LogP contribution in [0.3, 0.4) is 0 Å². The number of carbonyl (C=O) groups is 2. The quantitative estimate of drug-likeness (QED) is 0.800. The first-order chi connectivity index (χ1) is 8.66. The first-order valence-electron chi connectivity index (χ1n) is 7.24. The minimum atomic E-state index is -0.314. The predicted molar refractivity (Wildman–Crippen MR) is 70.0 cm³/mol. The van der Waals surface area contributed by atoms with Crippen molar-refractivity contribution in [1.82, 2.24) is 10.6 Å². The van der Waals surface area contributed by atoms with E-state index in [1.165, 1.54) is 32.6 Å². The largest absolute Gasteiger partial charge is 0.352 e. The van der Waals surface area contributed by atoms with Crippen LogP contribution in [0, 0.1) is 5.92 Å². The molecule has 2 rings (SSSR count). The van der Waals surface area contributed by atoms with Gasteiger partial charge in [-0.2, -0.15) is 0 Å². The Balaban J connectivity index is 1.93. The molecule has 0 saturated heterocycles. The van der Waals surface area contributed by atoms with E-state index in [1.54, 1.807) is 0 Å². The molecule has 0 aliphatic heterocycles. The van der Waals surface area contributed by atoms with E-state index in [4.69, 9.17) is 0 Å². The Morgan fingerprint density at radius 1 is 1.00 bits per heavy atom. The van der Waals surface area contributed by atoms with Gasteiger partial charge in [0.15, 0.2) is 0 Å². The predicted octanol–water partition coefficient (Wildman–Crippen LogP) is 1.74. The monoisotopic (exact) mass is 252 g/mol. The van der Waals surface area contributed by atoms with Gasteiger partial charge in [0, 0.05) is 13.0 Å². The van der Waals surface area contributed by atoms with Gasteiger partial charge in [-0.3, -0.25) is 9.59 Å². The molecular formula is C14H24N2O2. The lowest BCUT2D eigenvalue weighted by Gasteiger charge is -2.25. The number of nitrogens with one attached hydrogen (secondary N) is 2. The second-order valence-corrected chi connectivity index (χ2v) is 5.71. The highest BCUT2D eigenvalue weighted by Crippen LogP contribution is 2.28. The fraction of sp³-hybridized carbons (Fsp3) is 0.857. The van der Waals surface area contributed by atoms with Crippen LogP contribution in [0.1, 0.15) is 58.3 Å². The van der Waals surface area contributed by atoms with Crippen LogP contribution in [-0.2, 0) is 9.59 Å². The van der Waals surface area contributed by atoms with Crippen molar-refractivity contribution in [3.63, 3.8) is 0 Å². The lowest BCUT2D eigenvalue weighted by Crippen LogP contribution is -2.51. The summed E-state index contributed by atoms with van der Waals surface area (Å²) in [5, 5.41) is 5.95. The Kier molecular flexibility index (Phi) is 4.61. The molecule has 0 aromatic heterocycles. The van der Waals surface area contributed by atoms with Crippen molar-refractivity contribution in [2.45, 2.75) is 70.4 Å². The molecular weight excluding hydrogens is 228 g/mol. The van der Waals surface area contributed by atoms with E-state index in [2.05, 4.69) is 10.6 Å². The van der Waals surface area contributed by atoms with Crippen LogP contribution in [-0.4, -0.2) is 23.9 Å². The first kappa shape index (κ1) is 13.4. The van der Waals surface area contributed by atoms with Gasteiger partial charge >= 0.3 is 0 Å². The third-order valence-corrected chi connectivity index (χ3v) is 4.21. The maximum atomic E-state index is 12.3. The smallest absolute Gasteiger partial charge is 0.243 e. The van der Waals surface area contributed by atoms with E-state index in [0.717, 1.165) is 25.7 Å². The summed E-state index contributed by atoms with van der Waals surface area (Å²) in [5.41, 5.74) is 0. The standard InChI is InChI=1S/C14H24N2O2/c1-10(17)15-13(11-6-2-3-7-11)14(18)16-12-8-4-5-9-12/h11-13H,2-9H2,1H3,(H,15,17)(H,16,18). The normalized spacial score (nSPS) is 22.9. The average molecular weight is 252 g/mol. The highest BCUT2D eigenvalue weighted by atomic mass is 16.2. The van der Waals surface area contributed by atoms with Crippen molar-refractivity contribution in [3.05, 3.63) is 0 Å². The van der Waals surface area contributed by atoms with E-state index in [0.29, 0.717) is 12.0 Å². The molecule has 18 heavy (non-hydrogen) atoms. The van der Waals surface area contributed by atoms with Crippen LogP contribution in [0.4, 0.5) is 0 Å². The topological polar surface area (TPSA) is 58.2 Å². The van der Waals surface area contributed by atoms with Crippen molar-refractivity contribution in [1.29, 1.82) is 0 Å². The Morgan fingerprint density at radius 3 is 2.11 bits per heavy atom. The molecule has 2 N–H and O–H groups in total. The number of hydrogen-bond acceptors (Lipinski definition) is 2. The van der Waals surface area contributed by atoms with Crippen molar-refractivity contribution in [2.75, 3.05) is 0 Å². The molecule has 2 amide bonds. The van der Waals surface area contributed by atoms with Crippen molar-refractivity contribution < 1.29 is 9.59 Å². The minimum Gasteiger partial charge on any atom is -0.352 e. The molecule has 0 heterocycles. The third kappa shape index (κ3) is 3.47. The van der Waals surface area contributed by atoms with Gasteiger partial charge < -0.3 is 10.6 Å². The SMILES string of the molecule is CC(=O)NC(C(=O)NC1CCCC1)C1CCCC1. The maximum absolute atomic E-state index is 12.3. The molecule has 0 aromatic rings. The van der Waals surface area contributed by atoms with Gasteiger partial charge in [-0.05, 0) is 31.6 Å². The minimum absolute atomic E-state index is 0.0315. The molecule has 2 aliphatic carbocycles. The molecule has 0 radical (unpaired) electrons. The van der Waals surface area contributed by atoms with Crippen LogP contribution in [0.2, 0.25) is 0 Å². The number of rotatable bonds is 4. The van der Waals surface area contributed by atoms with Crippen LogP contribution in [0.25, 0.3) is 0 Å². The van der Waals surface area contributed by atoms with Crippen molar-refractivity contribution in [2.24, 2.45) is 5.92 Å². The Hall–Kier alpha value is -1.06. The number of hydrogen-bond donors (Lipinski definition) is 2. The van der Waals surface area contributed by atoms with E-state index >= 15 is 0 Å². The van der Waals surface area contributed by atoms with E-state index in [1.807, 2.05) is 0 Å². The van der Waals surface area contributed by atoms with Crippen LogP contribution < -0.4 is 10.6 Å². The molecule has 0 spiro atoms. The van der Waals surface area contributed by atoms with Crippen molar-refractivity contribution in [3.8, 4) is 0 Å². The average Bonchev–Trinajstić information content (AvgIpc) is 2.97. The molecule has 102 valence electrons. The fourth-order valence-corrected chi connectivity index (χ4v) is 3.27. The summed E-state index contributed by atoms with van der Waals surface area (Å²) < 4.78 is 0. The first-order valence-corrected chi connectivity index (χ1v) is 7.24. The highest BCUT2D eigenvalue weighted by Gasteiger charge is 2.32. The summed E-state index contributed by atoms with van der Waals surface area (Å²) in [6.07, 6.45) is 9.06. The lowest BCUT2D eigenvalue weighted by molar-refractivity contribution is -0.129. The molecule has 1 unspecified atom stereocenters. The van der Waals surface area contributed by atoms with Gasteiger partial charge in [-0.15, -0.1) is 0 Å². The fourth-order valence-electron chi connectivity index (χ4n) is 3.27.